The van der Waals surface area contributed by atoms with Gasteiger partial charge in [0.2, 0.25) is 16.9 Å². The molecule has 1 aliphatic rings. The van der Waals surface area contributed by atoms with Crippen LogP contribution < -0.4 is 21.9 Å². The lowest BCUT2D eigenvalue weighted by atomic mass is 10.0. The van der Waals surface area contributed by atoms with Crippen LogP contribution in [0, 0.1) is 5.92 Å². The predicted octanol–water partition coefficient (Wildman–Crippen LogP) is 0.635. The number of anilines is 1. The zero-order valence-electron chi connectivity index (χ0n) is 12.1. The lowest BCUT2D eigenvalue weighted by Gasteiger charge is -2.10. The minimum Gasteiger partial charge on any atom is -0.375 e. The number of thiocarbonyl (C=S) groups is 1. The fourth-order valence-electron chi connectivity index (χ4n) is 2.53. The van der Waals surface area contributed by atoms with Crippen molar-refractivity contribution in [2.75, 3.05) is 5.32 Å². The van der Waals surface area contributed by atoms with Gasteiger partial charge in [0, 0.05) is 19.3 Å². The second-order valence-corrected chi connectivity index (χ2v) is 6.69. The molecular weight excluding hydrogens is 324 g/mol. The van der Waals surface area contributed by atoms with Crippen molar-refractivity contribution in [3.05, 3.63) is 5.01 Å². The number of nitrogens with one attached hydrogen (secondary N) is 3. The molecule has 1 aromatic heterocycles. The molecule has 1 aromatic rings. The van der Waals surface area contributed by atoms with Gasteiger partial charge in [0.15, 0.2) is 5.11 Å². The van der Waals surface area contributed by atoms with Gasteiger partial charge in [-0.25, -0.2) is 0 Å². The van der Waals surface area contributed by atoms with Crippen molar-refractivity contribution >= 4 is 45.6 Å². The Hall–Kier alpha value is -1.81. The van der Waals surface area contributed by atoms with Gasteiger partial charge in [0.05, 0.1) is 0 Å². The highest BCUT2D eigenvalue weighted by molar-refractivity contribution is 7.80. The minimum atomic E-state index is -0.158. The number of nitrogens with zero attached hydrogens (tertiary/aromatic N) is 2. The van der Waals surface area contributed by atoms with E-state index in [1.807, 2.05) is 0 Å². The van der Waals surface area contributed by atoms with E-state index in [-0.39, 0.29) is 16.9 Å². The molecule has 22 heavy (non-hydrogen) atoms. The summed E-state index contributed by atoms with van der Waals surface area (Å²) in [6.07, 6.45) is 3.23. The van der Waals surface area contributed by atoms with Crippen LogP contribution in [0.2, 0.25) is 0 Å². The molecule has 0 bridgehead atoms. The first-order chi connectivity index (χ1) is 10.4. The van der Waals surface area contributed by atoms with Gasteiger partial charge in [-0.3, -0.25) is 20.4 Å². The molecule has 0 unspecified atom stereocenters. The van der Waals surface area contributed by atoms with Crippen molar-refractivity contribution < 1.29 is 9.59 Å². The Labute approximate surface area is 137 Å². The smallest absolute Gasteiger partial charge is 0.238 e. The number of aromatic nitrogens is 2. The Morgan fingerprint density at radius 3 is 2.82 bits per heavy atom. The molecule has 5 N–H and O–H groups in total. The maximum absolute atomic E-state index is 11.7. The molecule has 0 aromatic carbocycles. The SMILES string of the molecule is CC(=O)Nc1nnc([C@H]2CC[C@@H](CC(=O)NNC(N)=S)C2)s1. The van der Waals surface area contributed by atoms with Gasteiger partial charge in [-0.05, 0) is 37.4 Å². The summed E-state index contributed by atoms with van der Waals surface area (Å²) in [5, 5.41) is 12.2. The fraction of sp³-hybridized carbons (Fsp3) is 0.583. The van der Waals surface area contributed by atoms with E-state index in [4.69, 9.17) is 5.73 Å². The quantitative estimate of drug-likeness (QED) is 0.468. The summed E-state index contributed by atoms with van der Waals surface area (Å²) in [7, 11) is 0. The molecule has 1 fully saturated rings. The average Bonchev–Trinajstić information content (AvgIpc) is 3.05. The van der Waals surface area contributed by atoms with Gasteiger partial charge in [-0.2, -0.15) is 0 Å². The topological polar surface area (TPSA) is 122 Å². The second kappa shape index (κ2) is 7.45. The summed E-state index contributed by atoms with van der Waals surface area (Å²) in [6.45, 7) is 1.44. The van der Waals surface area contributed by atoms with Gasteiger partial charge in [-0.1, -0.05) is 11.3 Å². The van der Waals surface area contributed by atoms with Crippen molar-refractivity contribution in [3.8, 4) is 0 Å². The van der Waals surface area contributed by atoms with Gasteiger partial charge in [0.25, 0.3) is 0 Å². The molecule has 0 saturated heterocycles. The third-order valence-electron chi connectivity index (χ3n) is 3.41. The Bertz CT molecular complexity index is 576. The first-order valence-electron chi connectivity index (χ1n) is 6.89. The number of amides is 2. The molecule has 1 heterocycles. The van der Waals surface area contributed by atoms with E-state index in [9.17, 15) is 9.59 Å². The monoisotopic (exact) mass is 342 g/mol. The van der Waals surface area contributed by atoms with E-state index in [1.165, 1.54) is 18.3 Å². The van der Waals surface area contributed by atoms with Crippen molar-refractivity contribution in [1.82, 2.24) is 21.0 Å². The molecule has 2 atom stereocenters. The van der Waals surface area contributed by atoms with E-state index < -0.39 is 0 Å². The van der Waals surface area contributed by atoms with E-state index >= 15 is 0 Å². The number of carbonyl (C=O) groups is 2. The lowest BCUT2D eigenvalue weighted by Crippen LogP contribution is -2.44. The highest BCUT2D eigenvalue weighted by Gasteiger charge is 2.30. The Morgan fingerprint density at radius 2 is 2.14 bits per heavy atom. The fourth-order valence-corrected chi connectivity index (χ4v) is 3.52. The summed E-state index contributed by atoms with van der Waals surface area (Å²) >= 11 is 6.01. The molecule has 1 saturated carbocycles. The maximum Gasteiger partial charge on any atom is 0.238 e. The van der Waals surface area contributed by atoms with Crippen LogP contribution in [0.15, 0.2) is 0 Å². The molecule has 0 aliphatic heterocycles. The molecule has 2 amide bonds. The summed E-state index contributed by atoms with van der Waals surface area (Å²) in [6, 6.07) is 0. The van der Waals surface area contributed by atoms with Gasteiger partial charge >= 0.3 is 0 Å². The lowest BCUT2D eigenvalue weighted by molar-refractivity contribution is -0.122. The number of nitrogens with two attached hydrogens (primary N) is 1. The summed E-state index contributed by atoms with van der Waals surface area (Å²) in [4.78, 5) is 22.7. The molecule has 8 nitrogen and oxygen atoms in total. The van der Waals surface area contributed by atoms with Crippen molar-refractivity contribution in [2.45, 2.75) is 38.5 Å². The maximum atomic E-state index is 11.7. The molecule has 1 aliphatic carbocycles. The third-order valence-corrected chi connectivity index (χ3v) is 4.52. The number of carbonyl (C=O) groups excluding carboxylic acids is 2. The van der Waals surface area contributed by atoms with Crippen molar-refractivity contribution in [2.24, 2.45) is 11.7 Å². The Balaban J connectivity index is 1.82. The van der Waals surface area contributed by atoms with Crippen molar-refractivity contribution in [1.29, 1.82) is 0 Å². The van der Waals surface area contributed by atoms with Crippen LogP contribution in [0.25, 0.3) is 0 Å². The highest BCUT2D eigenvalue weighted by Crippen LogP contribution is 2.41. The van der Waals surface area contributed by atoms with Crippen LogP contribution >= 0.6 is 23.6 Å². The standard InChI is InChI=1S/C12H18N6O2S2/c1-6(19)14-12-18-16-10(22-12)8-3-2-7(4-8)5-9(20)15-17-11(13)21/h7-8H,2-5H2,1H3,(H,15,20)(H3,13,17,21)(H,14,18,19)/t7-,8+/m1/s1. The second-order valence-electron chi connectivity index (χ2n) is 5.24. The number of rotatable bonds is 4. The van der Waals surface area contributed by atoms with Crippen LogP contribution in [0.5, 0.6) is 0 Å². The zero-order valence-corrected chi connectivity index (χ0v) is 13.7. The van der Waals surface area contributed by atoms with E-state index in [1.54, 1.807) is 0 Å². The molecule has 0 spiro atoms. The van der Waals surface area contributed by atoms with Crippen LogP contribution in [0.3, 0.4) is 0 Å². The molecular formula is C12H18N6O2S2. The van der Waals surface area contributed by atoms with Crippen molar-refractivity contribution in [3.63, 3.8) is 0 Å². The largest absolute Gasteiger partial charge is 0.375 e. The Kier molecular flexibility index (Phi) is 5.61. The van der Waals surface area contributed by atoms with Gasteiger partial charge < -0.3 is 11.1 Å². The highest BCUT2D eigenvalue weighted by atomic mass is 32.1. The first kappa shape index (κ1) is 16.6. The third kappa shape index (κ3) is 4.88. The van der Waals surface area contributed by atoms with Crippen LogP contribution in [0.1, 0.15) is 43.5 Å². The number of hydrogen-bond donors (Lipinski definition) is 4. The molecule has 120 valence electrons. The van der Waals surface area contributed by atoms with Gasteiger partial charge in [0.1, 0.15) is 5.01 Å². The van der Waals surface area contributed by atoms with Crippen LogP contribution in [-0.2, 0) is 9.59 Å². The van der Waals surface area contributed by atoms with Crippen LogP contribution in [0.4, 0.5) is 5.13 Å². The normalized spacial score (nSPS) is 20.4. The molecule has 0 radical (unpaired) electrons. The van der Waals surface area contributed by atoms with E-state index in [0.29, 0.717) is 23.4 Å². The summed E-state index contributed by atoms with van der Waals surface area (Å²) < 4.78 is 0. The summed E-state index contributed by atoms with van der Waals surface area (Å²) in [5.41, 5.74) is 10.1. The number of hydrogen-bond acceptors (Lipinski definition) is 6. The molecule has 10 heteroatoms. The Morgan fingerprint density at radius 1 is 1.36 bits per heavy atom. The minimum absolute atomic E-state index is 0.0389. The van der Waals surface area contributed by atoms with E-state index in [0.717, 1.165) is 24.3 Å². The average molecular weight is 342 g/mol. The van der Waals surface area contributed by atoms with E-state index in [2.05, 4.69) is 38.6 Å². The zero-order chi connectivity index (χ0) is 16.1. The predicted molar refractivity (Wildman–Crippen MR) is 87.0 cm³/mol. The van der Waals surface area contributed by atoms with Gasteiger partial charge in [-0.15, -0.1) is 10.2 Å². The van der Waals surface area contributed by atoms with Crippen LogP contribution in [-0.4, -0.2) is 27.1 Å². The summed E-state index contributed by atoms with van der Waals surface area (Å²) in [5.74, 6) is 0.302. The first-order valence-corrected chi connectivity index (χ1v) is 8.11. The molecule has 2 rings (SSSR count). The number of hydrazine groups is 1.